The summed E-state index contributed by atoms with van der Waals surface area (Å²) in [7, 11) is 0. The van der Waals surface area contributed by atoms with Crippen molar-refractivity contribution in [2.24, 2.45) is 0 Å². The fraction of sp³-hybridized carbons (Fsp3) is 1.00. The Morgan fingerprint density at radius 2 is 1.93 bits per heavy atom. The van der Waals surface area contributed by atoms with Crippen LogP contribution in [0.1, 0.15) is 33.1 Å². The number of hydrogen-bond acceptors (Lipinski definition) is 2. The number of nitrogens with zero attached hydrogens (tertiary/aromatic N) is 1. The molecule has 0 amide bonds. The first-order chi connectivity index (χ1) is 5.88. The Labute approximate surface area is 101 Å². The van der Waals surface area contributed by atoms with E-state index in [2.05, 4.69) is 24.1 Å². The van der Waals surface area contributed by atoms with Gasteiger partial charge < -0.3 is 5.32 Å². The van der Waals surface area contributed by atoms with Crippen molar-refractivity contribution in [3.63, 3.8) is 0 Å². The molecule has 1 heterocycles. The molecular weight excluding hydrogens is 219 g/mol. The van der Waals surface area contributed by atoms with Crippen LogP contribution in [0.4, 0.5) is 0 Å². The summed E-state index contributed by atoms with van der Waals surface area (Å²) < 4.78 is 0. The number of likely N-dealkylation sites (N-methyl/N-ethyl adjacent to an activating group) is 2. The molecule has 0 spiro atoms. The molecule has 0 aromatic heterocycles. The lowest BCUT2D eigenvalue weighted by molar-refractivity contribution is 0.154. The van der Waals surface area contributed by atoms with Gasteiger partial charge in [0.15, 0.2) is 0 Å². The Hall–Kier alpha value is 0.500. The van der Waals surface area contributed by atoms with Gasteiger partial charge in [0.25, 0.3) is 0 Å². The molecule has 0 bridgehead atoms. The molecule has 0 aromatic carbocycles. The van der Waals surface area contributed by atoms with Crippen LogP contribution in [0, 0.1) is 0 Å². The van der Waals surface area contributed by atoms with E-state index in [9.17, 15) is 0 Å². The molecule has 0 radical (unpaired) electrons. The molecule has 1 atom stereocenters. The molecule has 14 heavy (non-hydrogen) atoms. The third kappa shape index (κ3) is 5.40. The Bertz CT molecular complexity index is 123. The highest BCUT2D eigenvalue weighted by Gasteiger charge is 2.19. The highest BCUT2D eigenvalue weighted by atomic mass is 35.5. The zero-order chi connectivity index (χ0) is 8.81. The van der Waals surface area contributed by atoms with Gasteiger partial charge in [-0.1, -0.05) is 20.3 Å². The molecule has 0 aromatic rings. The van der Waals surface area contributed by atoms with Crippen LogP contribution in [0.3, 0.4) is 0 Å². The predicted molar refractivity (Wildman–Crippen MR) is 67.9 cm³/mol. The maximum Gasteiger partial charge on any atom is 0.0220 e. The molecule has 1 fully saturated rings. The zero-order valence-corrected chi connectivity index (χ0v) is 10.9. The molecule has 0 saturated carbocycles. The van der Waals surface area contributed by atoms with Crippen molar-refractivity contribution < 1.29 is 0 Å². The molecular formula is C10H24Cl2N2. The van der Waals surface area contributed by atoms with E-state index in [1.807, 2.05) is 0 Å². The maximum atomic E-state index is 3.44. The molecule has 0 unspecified atom stereocenters. The summed E-state index contributed by atoms with van der Waals surface area (Å²) >= 11 is 0. The van der Waals surface area contributed by atoms with Gasteiger partial charge in [0.1, 0.15) is 0 Å². The van der Waals surface area contributed by atoms with Gasteiger partial charge >= 0.3 is 0 Å². The van der Waals surface area contributed by atoms with Crippen molar-refractivity contribution in [2.45, 2.75) is 39.2 Å². The van der Waals surface area contributed by atoms with Crippen LogP contribution in [0.25, 0.3) is 0 Å². The first-order valence-electron chi connectivity index (χ1n) is 5.33. The third-order valence-corrected chi connectivity index (χ3v) is 2.79. The minimum Gasteiger partial charge on any atom is -0.315 e. The van der Waals surface area contributed by atoms with Gasteiger partial charge in [-0.3, -0.25) is 4.90 Å². The second-order valence-electron chi connectivity index (χ2n) is 3.59. The van der Waals surface area contributed by atoms with Gasteiger partial charge in [0.2, 0.25) is 0 Å². The van der Waals surface area contributed by atoms with E-state index >= 15 is 0 Å². The number of likely N-dealkylation sites (tertiary alicyclic amines) is 1. The normalized spacial score (nSPS) is 22.3. The lowest BCUT2D eigenvalue weighted by atomic mass is 10.0. The average molecular weight is 243 g/mol. The van der Waals surface area contributed by atoms with Crippen LogP contribution < -0.4 is 5.32 Å². The number of halogens is 2. The van der Waals surface area contributed by atoms with Crippen LogP contribution in [-0.4, -0.2) is 37.1 Å². The fourth-order valence-corrected chi connectivity index (χ4v) is 2.02. The van der Waals surface area contributed by atoms with E-state index in [1.54, 1.807) is 0 Å². The summed E-state index contributed by atoms with van der Waals surface area (Å²) in [5.74, 6) is 0. The van der Waals surface area contributed by atoms with E-state index < -0.39 is 0 Å². The van der Waals surface area contributed by atoms with E-state index in [1.165, 1.54) is 38.9 Å². The Morgan fingerprint density at radius 1 is 1.21 bits per heavy atom. The van der Waals surface area contributed by atoms with Gasteiger partial charge in [-0.05, 0) is 32.5 Å². The number of nitrogens with one attached hydrogen (secondary N) is 1. The Kier molecular flexibility index (Phi) is 12.1. The summed E-state index contributed by atoms with van der Waals surface area (Å²) in [5.41, 5.74) is 0. The molecule has 4 heteroatoms. The molecule has 1 saturated heterocycles. The first-order valence-corrected chi connectivity index (χ1v) is 5.33. The van der Waals surface area contributed by atoms with Crippen molar-refractivity contribution in [1.29, 1.82) is 0 Å². The molecule has 1 aliphatic heterocycles. The fourth-order valence-electron chi connectivity index (χ4n) is 2.02. The van der Waals surface area contributed by atoms with Gasteiger partial charge in [0.05, 0.1) is 0 Å². The summed E-state index contributed by atoms with van der Waals surface area (Å²) in [6.07, 6.45) is 4.21. The van der Waals surface area contributed by atoms with E-state index in [-0.39, 0.29) is 24.8 Å². The van der Waals surface area contributed by atoms with E-state index in [0.717, 1.165) is 12.6 Å². The van der Waals surface area contributed by atoms with Crippen LogP contribution in [0.15, 0.2) is 0 Å². The topological polar surface area (TPSA) is 15.3 Å². The monoisotopic (exact) mass is 242 g/mol. The number of rotatable bonds is 4. The summed E-state index contributed by atoms with van der Waals surface area (Å²) in [5, 5.41) is 3.44. The molecule has 1 N–H and O–H groups in total. The van der Waals surface area contributed by atoms with Crippen molar-refractivity contribution in [1.82, 2.24) is 10.2 Å². The molecule has 1 aliphatic rings. The minimum atomic E-state index is 0. The number of piperidine rings is 1. The predicted octanol–water partition coefficient (Wildman–Crippen LogP) is 2.31. The standard InChI is InChI=1S/C10H22N2.2ClH/c1-3-11-9-10-7-5-6-8-12(10)4-2;;/h10-11H,3-9H2,1-2H3;2*1H/t10-;;/m1../s1. The maximum absolute atomic E-state index is 3.44. The summed E-state index contributed by atoms with van der Waals surface area (Å²) in [6.45, 7) is 9.27. The Morgan fingerprint density at radius 3 is 2.50 bits per heavy atom. The van der Waals surface area contributed by atoms with Crippen LogP contribution in [0.2, 0.25) is 0 Å². The van der Waals surface area contributed by atoms with Gasteiger partial charge in [-0.15, -0.1) is 24.8 Å². The summed E-state index contributed by atoms with van der Waals surface area (Å²) in [6, 6.07) is 0.809. The quantitative estimate of drug-likeness (QED) is 0.815. The molecule has 88 valence electrons. The highest BCUT2D eigenvalue weighted by molar-refractivity contribution is 5.85. The summed E-state index contributed by atoms with van der Waals surface area (Å²) in [4.78, 5) is 2.60. The zero-order valence-electron chi connectivity index (χ0n) is 9.29. The molecule has 2 nitrogen and oxygen atoms in total. The second kappa shape index (κ2) is 10.0. The van der Waals surface area contributed by atoms with Gasteiger partial charge in [-0.2, -0.15) is 0 Å². The van der Waals surface area contributed by atoms with Crippen LogP contribution in [-0.2, 0) is 0 Å². The molecule has 1 rings (SSSR count). The van der Waals surface area contributed by atoms with Crippen molar-refractivity contribution in [2.75, 3.05) is 26.2 Å². The molecule has 0 aliphatic carbocycles. The van der Waals surface area contributed by atoms with E-state index in [0.29, 0.717) is 0 Å². The third-order valence-electron chi connectivity index (χ3n) is 2.79. The van der Waals surface area contributed by atoms with Gasteiger partial charge in [-0.25, -0.2) is 0 Å². The SMILES string of the molecule is CCNC[C@H]1CCCCN1CC.Cl.Cl. The minimum absolute atomic E-state index is 0. The lowest BCUT2D eigenvalue weighted by Gasteiger charge is -2.34. The van der Waals surface area contributed by atoms with E-state index in [4.69, 9.17) is 0 Å². The lowest BCUT2D eigenvalue weighted by Crippen LogP contribution is -2.45. The Balaban J connectivity index is 0. The van der Waals surface area contributed by atoms with Crippen LogP contribution in [0.5, 0.6) is 0 Å². The second-order valence-corrected chi connectivity index (χ2v) is 3.59. The highest BCUT2D eigenvalue weighted by Crippen LogP contribution is 2.15. The first kappa shape index (κ1) is 16.9. The largest absolute Gasteiger partial charge is 0.315 e. The van der Waals surface area contributed by atoms with Gasteiger partial charge in [0, 0.05) is 12.6 Å². The van der Waals surface area contributed by atoms with Crippen LogP contribution >= 0.6 is 24.8 Å². The number of hydrogen-bond donors (Lipinski definition) is 1. The van der Waals surface area contributed by atoms with Crippen molar-refractivity contribution in [3.8, 4) is 0 Å². The average Bonchev–Trinajstić information content (AvgIpc) is 2.15. The van der Waals surface area contributed by atoms with Crippen molar-refractivity contribution >= 4 is 24.8 Å². The van der Waals surface area contributed by atoms with Crippen molar-refractivity contribution in [3.05, 3.63) is 0 Å². The smallest absolute Gasteiger partial charge is 0.0220 e.